The quantitative estimate of drug-likeness (QED) is 0.776. The molecule has 2 heterocycles. The van der Waals surface area contributed by atoms with Crippen molar-refractivity contribution in [3.63, 3.8) is 0 Å². The molecule has 0 aromatic carbocycles. The summed E-state index contributed by atoms with van der Waals surface area (Å²) in [5.74, 6) is 2.10. The number of aryl methyl sites for hydroxylation is 2. The number of halogens is 1. The van der Waals surface area contributed by atoms with Crippen molar-refractivity contribution in [1.29, 1.82) is 0 Å². The summed E-state index contributed by atoms with van der Waals surface area (Å²) in [6, 6.07) is 1.93. The topological polar surface area (TPSA) is 47.8 Å². The zero-order chi connectivity index (χ0) is 12.3. The van der Waals surface area contributed by atoms with E-state index in [-0.39, 0.29) is 0 Å². The van der Waals surface area contributed by atoms with Crippen LogP contribution in [0, 0.1) is 0 Å². The molecule has 0 radical (unpaired) electrons. The first-order valence-electron chi connectivity index (χ1n) is 5.37. The highest BCUT2D eigenvalue weighted by Gasteiger charge is 2.10. The number of fused-ring (bicyclic) bond motifs is 1. The van der Waals surface area contributed by atoms with Gasteiger partial charge in [-0.25, -0.2) is 4.98 Å². The Kier molecular flexibility index (Phi) is 4.12. The van der Waals surface area contributed by atoms with Crippen LogP contribution in [0.4, 0.5) is 0 Å². The molecular formula is C11H14ClN3OS. The van der Waals surface area contributed by atoms with Crippen LogP contribution in [-0.4, -0.2) is 36.6 Å². The highest BCUT2D eigenvalue weighted by Crippen LogP contribution is 2.15. The van der Waals surface area contributed by atoms with Crippen molar-refractivity contribution in [3.05, 3.63) is 24.3 Å². The van der Waals surface area contributed by atoms with Gasteiger partial charge in [0.1, 0.15) is 11.3 Å². The second-order valence-corrected chi connectivity index (χ2v) is 5.69. The molecule has 0 spiro atoms. The molecule has 92 valence electrons. The fourth-order valence-corrected chi connectivity index (χ4v) is 2.39. The van der Waals surface area contributed by atoms with Crippen LogP contribution >= 0.6 is 11.6 Å². The highest BCUT2D eigenvalue weighted by atomic mass is 35.5. The molecule has 0 aliphatic rings. The third-order valence-corrected chi connectivity index (χ3v) is 3.50. The van der Waals surface area contributed by atoms with Crippen molar-refractivity contribution in [1.82, 2.24) is 14.5 Å². The number of nitrogens with zero attached hydrogens (tertiary/aromatic N) is 3. The number of alkyl halides is 1. The second-order valence-electron chi connectivity index (χ2n) is 3.76. The average molecular weight is 272 g/mol. The van der Waals surface area contributed by atoms with E-state index < -0.39 is 10.8 Å². The van der Waals surface area contributed by atoms with E-state index in [4.69, 9.17) is 11.6 Å². The molecule has 0 saturated carbocycles. The van der Waals surface area contributed by atoms with Crippen LogP contribution in [0.1, 0.15) is 5.82 Å². The molecule has 1 unspecified atom stereocenters. The zero-order valence-corrected chi connectivity index (χ0v) is 11.2. The van der Waals surface area contributed by atoms with Crippen LogP contribution in [-0.2, 0) is 23.8 Å². The molecule has 0 bridgehead atoms. The summed E-state index contributed by atoms with van der Waals surface area (Å²) in [4.78, 5) is 8.55. The lowest BCUT2D eigenvalue weighted by Gasteiger charge is -2.06. The number of hydrogen-bond acceptors (Lipinski definition) is 3. The average Bonchev–Trinajstić information content (AvgIpc) is 2.64. The molecule has 0 aliphatic heterocycles. The molecule has 4 nitrogen and oxygen atoms in total. The maximum absolute atomic E-state index is 11.2. The van der Waals surface area contributed by atoms with Crippen molar-refractivity contribution in [3.8, 4) is 0 Å². The number of aromatic nitrogens is 3. The van der Waals surface area contributed by atoms with Crippen LogP contribution < -0.4 is 0 Å². The molecule has 0 aliphatic carbocycles. The number of hydrogen-bond donors (Lipinski definition) is 0. The number of pyridine rings is 1. The Morgan fingerprint density at radius 1 is 1.53 bits per heavy atom. The molecular weight excluding hydrogens is 258 g/mol. The first-order valence-corrected chi connectivity index (χ1v) is 7.63. The summed E-state index contributed by atoms with van der Waals surface area (Å²) < 4.78 is 13.3. The van der Waals surface area contributed by atoms with E-state index in [0.717, 1.165) is 16.9 Å². The Hall–Kier alpha value is -0.940. The van der Waals surface area contributed by atoms with Crippen LogP contribution in [0.2, 0.25) is 0 Å². The largest absolute Gasteiger partial charge is 0.327 e. The summed E-state index contributed by atoms with van der Waals surface area (Å²) in [6.07, 6.45) is 5.91. The van der Waals surface area contributed by atoms with Gasteiger partial charge in [0.2, 0.25) is 0 Å². The Morgan fingerprint density at radius 3 is 3.06 bits per heavy atom. The molecule has 2 aromatic heterocycles. The van der Waals surface area contributed by atoms with Crippen molar-refractivity contribution in [2.24, 2.45) is 0 Å². The van der Waals surface area contributed by atoms with E-state index >= 15 is 0 Å². The molecule has 0 fully saturated rings. The van der Waals surface area contributed by atoms with Gasteiger partial charge in [-0.2, -0.15) is 0 Å². The summed E-state index contributed by atoms with van der Waals surface area (Å²) in [6.45, 7) is 0.704. The van der Waals surface area contributed by atoms with Crippen LogP contribution in [0.15, 0.2) is 18.5 Å². The summed E-state index contributed by atoms with van der Waals surface area (Å²) in [5.41, 5.74) is 1.90. The maximum Gasteiger partial charge on any atom is 0.111 e. The lowest BCUT2D eigenvalue weighted by atomic mass is 10.4. The van der Waals surface area contributed by atoms with Crippen molar-refractivity contribution in [2.75, 3.05) is 17.9 Å². The number of rotatable bonds is 5. The molecule has 17 heavy (non-hydrogen) atoms. The Balaban J connectivity index is 2.40. The highest BCUT2D eigenvalue weighted by molar-refractivity contribution is 7.84. The van der Waals surface area contributed by atoms with Gasteiger partial charge in [0.05, 0.1) is 11.7 Å². The van der Waals surface area contributed by atoms with E-state index in [2.05, 4.69) is 14.5 Å². The van der Waals surface area contributed by atoms with E-state index in [0.29, 0.717) is 24.6 Å². The fraction of sp³-hybridized carbons (Fsp3) is 0.455. The molecule has 0 N–H and O–H groups in total. The number of imidazole rings is 1. The van der Waals surface area contributed by atoms with Gasteiger partial charge in [0, 0.05) is 47.9 Å². The molecule has 0 amide bonds. The predicted molar refractivity (Wildman–Crippen MR) is 70.9 cm³/mol. The van der Waals surface area contributed by atoms with Gasteiger partial charge in [-0.05, 0) is 6.07 Å². The van der Waals surface area contributed by atoms with Crippen LogP contribution in [0.5, 0.6) is 0 Å². The molecule has 6 heteroatoms. The third-order valence-electron chi connectivity index (χ3n) is 2.55. The Morgan fingerprint density at radius 2 is 2.35 bits per heavy atom. The van der Waals surface area contributed by atoms with E-state index in [9.17, 15) is 4.21 Å². The third kappa shape index (κ3) is 2.84. The van der Waals surface area contributed by atoms with Crippen molar-refractivity contribution >= 4 is 33.4 Å². The summed E-state index contributed by atoms with van der Waals surface area (Å²) in [5, 5.41) is 0. The van der Waals surface area contributed by atoms with E-state index in [1.54, 1.807) is 18.6 Å². The molecule has 2 aromatic rings. The lowest BCUT2D eigenvalue weighted by molar-refractivity contribution is 0.674. The minimum atomic E-state index is -0.803. The van der Waals surface area contributed by atoms with E-state index in [1.165, 1.54) is 0 Å². The van der Waals surface area contributed by atoms with E-state index in [1.807, 2.05) is 6.07 Å². The monoisotopic (exact) mass is 271 g/mol. The SMILES string of the molecule is CS(=O)CCn1c(CCCl)nc2cnccc21. The van der Waals surface area contributed by atoms with Crippen LogP contribution in [0.3, 0.4) is 0 Å². The van der Waals surface area contributed by atoms with Gasteiger partial charge in [-0.15, -0.1) is 11.6 Å². The summed E-state index contributed by atoms with van der Waals surface area (Å²) >= 11 is 5.77. The van der Waals surface area contributed by atoms with Gasteiger partial charge >= 0.3 is 0 Å². The minimum Gasteiger partial charge on any atom is -0.327 e. The van der Waals surface area contributed by atoms with Crippen LogP contribution in [0.25, 0.3) is 11.0 Å². The minimum absolute atomic E-state index is 0.534. The smallest absolute Gasteiger partial charge is 0.111 e. The first kappa shape index (κ1) is 12.5. The van der Waals surface area contributed by atoms with Gasteiger partial charge in [0.25, 0.3) is 0 Å². The predicted octanol–water partition coefficient (Wildman–Crippen LogP) is 1.59. The summed E-state index contributed by atoms with van der Waals surface area (Å²) in [7, 11) is -0.803. The lowest BCUT2D eigenvalue weighted by Crippen LogP contribution is -2.10. The van der Waals surface area contributed by atoms with Gasteiger partial charge < -0.3 is 4.57 Å². The van der Waals surface area contributed by atoms with Gasteiger partial charge in [-0.3, -0.25) is 9.19 Å². The second kappa shape index (κ2) is 5.60. The molecule has 1 atom stereocenters. The Bertz CT molecular complexity index is 540. The van der Waals surface area contributed by atoms with Gasteiger partial charge in [0.15, 0.2) is 0 Å². The van der Waals surface area contributed by atoms with Crippen molar-refractivity contribution in [2.45, 2.75) is 13.0 Å². The Labute approximate surface area is 107 Å². The molecule has 2 rings (SSSR count). The first-order chi connectivity index (χ1) is 8.22. The molecule has 0 saturated heterocycles. The standard InChI is InChI=1S/C11H14ClN3OS/c1-17(16)7-6-15-10-3-5-13-8-9(10)14-11(15)2-4-12/h3,5,8H,2,4,6-7H2,1H3. The zero-order valence-electron chi connectivity index (χ0n) is 9.60. The normalized spacial score (nSPS) is 13.1. The van der Waals surface area contributed by atoms with Gasteiger partial charge in [-0.1, -0.05) is 0 Å². The van der Waals surface area contributed by atoms with Crippen molar-refractivity contribution < 1.29 is 4.21 Å². The fourth-order valence-electron chi connectivity index (χ4n) is 1.78. The maximum atomic E-state index is 11.2.